The second-order valence-electron chi connectivity index (χ2n) is 32.1. The summed E-state index contributed by atoms with van der Waals surface area (Å²) < 4.78 is 0. The molecule has 0 aromatic heterocycles. The van der Waals surface area contributed by atoms with Crippen molar-refractivity contribution in [1.82, 2.24) is 0 Å². The molecule has 416 valence electrons. The van der Waals surface area contributed by atoms with Crippen LogP contribution in [-0.4, -0.2) is 17.8 Å². The zero-order chi connectivity index (χ0) is 57.3. The van der Waals surface area contributed by atoms with E-state index < -0.39 is 0 Å². The van der Waals surface area contributed by atoms with E-state index in [1.165, 1.54) is 156 Å². The van der Waals surface area contributed by atoms with E-state index in [0.29, 0.717) is 0 Å². The normalized spacial score (nSPS) is 24.7. The van der Waals surface area contributed by atoms with E-state index in [2.05, 4.69) is 261 Å². The van der Waals surface area contributed by atoms with Crippen LogP contribution in [0.15, 0.2) is 121 Å². The Morgan fingerprint density at radius 1 is 0.395 bits per heavy atom. The Morgan fingerprint density at radius 3 is 1.53 bits per heavy atom. The first kappa shape index (κ1) is 53.0. The van der Waals surface area contributed by atoms with Crippen LogP contribution < -0.4 is 31.1 Å². The van der Waals surface area contributed by atoms with Crippen LogP contribution >= 0.6 is 0 Å². The lowest BCUT2D eigenvalue weighted by atomic mass is 9.32. The predicted octanol–water partition coefficient (Wildman–Crippen LogP) is 18.9. The van der Waals surface area contributed by atoms with E-state index in [4.69, 9.17) is 0 Å². The average molecular weight is 1070 g/mol. The monoisotopic (exact) mass is 1070 g/mol. The van der Waals surface area contributed by atoms with Crippen LogP contribution in [0.2, 0.25) is 0 Å². The van der Waals surface area contributed by atoms with Gasteiger partial charge in [-0.2, -0.15) is 0 Å². The van der Waals surface area contributed by atoms with Crippen molar-refractivity contribution in [3.63, 3.8) is 0 Å². The summed E-state index contributed by atoms with van der Waals surface area (Å²) in [6.45, 7) is 44.4. The minimum Gasteiger partial charge on any atom is -0.335 e. The molecule has 7 aromatic carbocycles. The van der Waals surface area contributed by atoms with Crippen molar-refractivity contribution in [3.05, 3.63) is 166 Å². The summed E-state index contributed by atoms with van der Waals surface area (Å²) in [6, 6.07) is 50.1. The molecule has 4 unspecified atom stereocenters. The van der Waals surface area contributed by atoms with Crippen molar-refractivity contribution in [3.8, 4) is 22.3 Å². The molecule has 4 aliphatic heterocycles. The van der Waals surface area contributed by atoms with Crippen molar-refractivity contribution >= 4 is 62.9 Å². The predicted molar refractivity (Wildman–Crippen MR) is 349 cm³/mol. The highest BCUT2D eigenvalue weighted by Gasteiger charge is 2.63. The average Bonchev–Trinajstić information content (AvgIpc) is 2.26. The standard InChI is InChI=1S/C77H90BN3/c1-69(2,3)48-28-31-55-54(41-48)65-56(73(55,13)14)32-35-62-67(65)78-59-44-51(72(10,11)12)43-58-68(59)81(77(18)39-25-23-37-75(58,77)16)64-46-52(80-61-34-30-50(71(7,8)9)42-57(61)74(15)36-22-24-38-76(74,80)17)45-63(66(64)78)79(62)60-33-29-49(70(4,5)6)40-53(60)47-26-20-19-21-27-47/h19-21,26-35,40-46H,22-25,36-39H2,1-18H3. The molecule has 0 saturated heterocycles. The molecule has 0 spiro atoms. The van der Waals surface area contributed by atoms with Gasteiger partial charge in [-0.25, -0.2) is 0 Å². The van der Waals surface area contributed by atoms with Gasteiger partial charge in [-0.15, -0.1) is 0 Å². The maximum atomic E-state index is 3.01. The van der Waals surface area contributed by atoms with Gasteiger partial charge in [0.25, 0.3) is 6.71 Å². The second kappa shape index (κ2) is 16.6. The summed E-state index contributed by atoms with van der Waals surface area (Å²) in [5, 5.41) is 0. The maximum absolute atomic E-state index is 3.01. The SMILES string of the molecule is CC(C)(C)c1ccc(N2c3cc(N4c5ccc(C(C)(C)C)cc5C5(C)CCCCC45C)cc4c3B(c3cc(C(C)(C)C)cc5c3N4C3(C)CCCCC53C)c3c2ccc2c3-c3cc(C(C)(C)C)ccc3C2(C)C)c(-c2ccccc2)c1. The molecule has 4 heterocycles. The minimum atomic E-state index is -0.193. The van der Waals surface area contributed by atoms with Crippen LogP contribution in [0, 0.1) is 0 Å². The van der Waals surface area contributed by atoms with Crippen molar-refractivity contribution in [1.29, 1.82) is 0 Å². The molecular formula is C77H90BN3. The largest absolute Gasteiger partial charge is 0.335 e. The number of hydrogen-bond donors (Lipinski definition) is 0. The molecule has 0 amide bonds. The molecule has 7 aromatic rings. The molecular weight excluding hydrogens is 978 g/mol. The fourth-order valence-electron chi connectivity index (χ4n) is 17.6. The summed E-state index contributed by atoms with van der Waals surface area (Å²) in [4.78, 5) is 8.72. The van der Waals surface area contributed by atoms with Gasteiger partial charge in [-0.1, -0.05) is 221 Å². The fourth-order valence-corrected chi connectivity index (χ4v) is 17.6. The third-order valence-electron chi connectivity index (χ3n) is 23.0. The van der Waals surface area contributed by atoms with Gasteiger partial charge in [0.1, 0.15) is 0 Å². The molecule has 3 nitrogen and oxygen atoms in total. The number of benzene rings is 7. The van der Waals surface area contributed by atoms with Crippen LogP contribution in [0.4, 0.5) is 39.8 Å². The van der Waals surface area contributed by atoms with E-state index in [0.717, 1.165) is 12.8 Å². The molecule has 0 radical (unpaired) electrons. The maximum Gasteiger partial charge on any atom is 0.252 e. The van der Waals surface area contributed by atoms with Gasteiger partial charge >= 0.3 is 0 Å². The summed E-state index contributed by atoms with van der Waals surface area (Å²) in [7, 11) is 0. The third kappa shape index (κ3) is 7.01. The van der Waals surface area contributed by atoms with Gasteiger partial charge in [-0.05, 0) is 175 Å². The van der Waals surface area contributed by atoms with Crippen LogP contribution in [-0.2, 0) is 37.9 Å². The van der Waals surface area contributed by atoms with Crippen LogP contribution in [0.1, 0.15) is 221 Å². The first-order valence-electron chi connectivity index (χ1n) is 31.4. The van der Waals surface area contributed by atoms with Crippen molar-refractivity contribution in [2.75, 3.05) is 14.7 Å². The molecule has 4 heteroatoms. The van der Waals surface area contributed by atoms with Gasteiger partial charge in [0.05, 0.1) is 16.8 Å². The van der Waals surface area contributed by atoms with E-state index in [1.807, 2.05) is 0 Å². The topological polar surface area (TPSA) is 9.72 Å². The molecule has 4 atom stereocenters. The number of anilines is 7. The van der Waals surface area contributed by atoms with Crippen molar-refractivity contribution < 1.29 is 0 Å². The van der Waals surface area contributed by atoms with E-state index in [1.54, 1.807) is 5.56 Å². The number of rotatable bonds is 3. The third-order valence-corrected chi connectivity index (χ3v) is 23.0. The Kier molecular flexibility index (Phi) is 10.9. The van der Waals surface area contributed by atoms with E-state index in [9.17, 15) is 0 Å². The van der Waals surface area contributed by atoms with Gasteiger partial charge < -0.3 is 14.7 Å². The first-order chi connectivity index (χ1) is 37.9. The summed E-state index contributed by atoms with van der Waals surface area (Å²) in [6.07, 6.45) is 9.67. The van der Waals surface area contributed by atoms with Crippen molar-refractivity contribution in [2.45, 2.75) is 225 Å². The van der Waals surface area contributed by atoms with Crippen molar-refractivity contribution in [2.24, 2.45) is 0 Å². The Labute approximate surface area is 488 Å². The zero-order valence-electron chi connectivity index (χ0n) is 52.6. The quantitative estimate of drug-likeness (QED) is 0.163. The number of fused-ring (bicyclic) bond motifs is 14. The first-order valence-corrected chi connectivity index (χ1v) is 31.4. The Balaban J connectivity index is 1.18. The molecule has 0 bridgehead atoms. The number of nitrogens with zero attached hydrogens (tertiary/aromatic N) is 3. The molecule has 3 aliphatic carbocycles. The van der Waals surface area contributed by atoms with Crippen LogP contribution in [0.25, 0.3) is 22.3 Å². The van der Waals surface area contributed by atoms with E-state index in [-0.39, 0.29) is 55.7 Å². The summed E-state index contributed by atoms with van der Waals surface area (Å²) in [5.74, 6) is 0. The summed E-state index contributed by atoms with van der Waals surface area (Å²) in [5.41, 5.74) is 30.4. The molecule has 14 rings (SSSR count). The molecule has 0 N–H and O–H groups in total. The summed E-state index contributed by atoms with van der Waals surface area (Å²) >= 11 is 0. The number of hydrogen-bond acceptors (Lipinski definition) is 3. The van der Waals surface area contributed by atoms with E-state index >= 15 is 0 Å². The molecule has 2 saturated carbocycles. The Bertz CT molecular complexity index is 3830. The van der Waals surface area contributed by atoms with Gasteiger partial charge in [0.15, 0.2) is 0 Å². The lowest BCUT2D eigenvalue weighted by Crippen LogP contribution is -2.65. The highest BCUT2D eigenvalue weighted by molar-refractivity contribution is 7.01. The van der Waals surface area contributed by atoms with Crippen LogP contribution in [0.3, 0.4) is 0 Å². The second-order valence-corrected chi connectivity index (χ2v) is 32.1. The highest BCUT2D eigenvalue weighted by atomic mass is 15.3. The zero-order valence-corrected chi connectivity index (χ0v) is 52.6. The minimum absolute atomic E-state index is 0.0136. The van der Waals surface area contributed by atoms with Gasteiger partial charge in [0, 0.05) is 55.9 Å². The smallest absolute Gasteiger partial charge is 0.252 e. The lowest BCUT2D eigenvalue weighted by Gasteiger charge is -2.54. The molecule has 2 fully saturated rings. The Morgan fingerprint density at radius 2 is 0.901 bits per heavy atom. The molecule has 7 aliphatic rings. The van der Waals surface area contributed by atoms with Gasteiger partial charge in [-0.3, -0.25) is 0 Å². The lowest BCUT2D eigenvalue weighted by molar-refractivity contribution is 0.194. The Hall–Kier alpha value is -6.00. The highest BCUT2D eigenvalue weighted by Crippen LogP contribution is 2.66. The fraction of sp³-hybridized carbons (Fsp3) is 0.455. The van der Waals surface area contributed by atoms with Gasteiger partial charge in [0.2, 0.25) is 0 Å². The van der Waals surface area contributed by atoms with Crippen LogP contribution in [0.5, 0.6) is 0 Å². The molecule has 81 heavy (non-hydrogen) atoms.